The largest absolute Gasteiger partial charge is 0.477 e. The van der Waals surface area contributed by atoms with E-state index in [0.29, 0.717) is 19.3 Å². The number of hydrogen-bond acceptors (Lipinski definition) is 20. The van der Waals surface area contributed by atoms with Gasteiger partial charge in [-0.15, -0.1) is 0 Å². The van der Waals surface area contributed by atoms with Gasteiger partial charge >= 0.3 is 5.97 Å². The van der Waals surface area contributed by atoms with Crippen molar-refractivity contribution in [3.63, 3.8) is 0 Å². The summed E-state index contributed by atoms with van der Waals surface area (Å²) in [5.41, 5.74) is 0. The van der Waals surface area contributed by atoms with Crippen molar-refractivity contribution in [3.05, 3.63) is 0 Å². The van der Waals surface area contributed by atoms with Crippen molar-refractivity contribution < 1.29 is 104 Å². The number of carboxylic acid groups (broad SMARTS) is 1. The summed E-state index contributed by atoms with van der Waals surface area (Å²) in [6.45, 7) is 2.24. The average molecular weight is 1320 g/mol. The van der Waals surface area contributed by atoms with Gasteiger partial charge in [-0.25, -0.2) is 4.79 Å². The van der Waals surface area contributed by atoms with Gasteiger partial charge in [-0.1, -0.05) is 251 Å². The predicted molar refractivity (Wildman–Crippen MR) is 348 cm³/mol. The molecule has 18 atom stereocenters. The molecule has 0 aromatic carbocycles. The SMILES string of the molecule is CCCCCCCCCCCCCCCCCCCCCCC(O)C(COC1OC(CO)C(OC2OC(CO)C(O)C(OC3(C(=O)O)CC(O)C(NC(C)=O)C(C(O)C(O)CO)O3)C2O)C(O)C1O)NC(=O)CCCCCCCCCCCCCCCCCCCC. The zero-order chi connectivity index (χ0) is 67.5. The molecule has 3 fully saturated rings. The maximum Gasteiger partial charge on any atom is 0.364 e. The molecular formula is C69H130N2O21. The minimum atomic E-state index is -3.08. The van der Waals surface area contributed by atoms with E-state index in [4.69, 9.17) is 28.4 Å². The molecule has 3 aliphatic heterocycles. The fourth-order valence-corrected chi connectivity index (χ4v) is 13.0. The zero-order valence-corrected chi connectivity index (χ0v) is 56.7. The summed E-state index contributed by atoms with van der Waals surface area (Å²) in [5.74, 6) is -6.09. The maximum absolute atomic E-state index is 13.5. The highest BCUT2D eigenvalue weighted by molar-refractivity contribution is 5.77. The number of aliphatic carboxylic acids is 1. The summed E-state index contributed by atoms with van der Waals surface area (Å²) in [5, 5.41) is 136. The molecule has 2 amide bonds. The van der Waals surface area contributed by atoms with E-state index in [0.717, 1.165) is 51.9 Å². The van der Waals surface area contributed by atoms with Gasteiger partial charge in [0.05, 0.1) is 50.7 Å². The average Bonchev–Trinajstić information content (AvgIpc) is 0.767. The number of unbranched alkanes of at least 4 members (excludes halogenated alkanes) is 36. The van der Waals surface area contributed by atoms with Gasteiger partial charge in [0.2, 0.25) is 11.8 Å². The summed E-state index contributed by atoms with van der Waals surface area (Å²) >= 11 is 0. The molecule has 0 radical (unpaired) electrons. The number of amides is 2. The fourth-order valence-electron chi connectivity index (χ4n) is 13.0. The maximum atomic E-state index is 13.5. The van der Waals surface area contributed by atoms with E-state index < -0.39 is 148 Å². The Balaban J connectivity index is 1.57. The molecule has 3 aliphatic rings. The molecule has 23 nitrogen and oxygen atoms in total. The number of ether oxygens (including phenoxy) is 6. The first-order chi connectivity index (χ1) is 44.4. The fraction of sp³-hybridized carbons (Fsp3) is 0.957. The van der Waals surface area contributed by atoms with E-state index in [1.54, 1.807) is 0 Å². The van der Waals surface area contributed by atoms with Crippen LogP contribution in [-0.2, 0) is 42.8 Å². The van der Waals surface area contributed by atoms with Crippen LogP contribution in [0.1, 0.15) is 284 Å². The third-order valence-electron chi connectivity index (χ3n) is 18.8. The molecule has 3 saturated heterocycles. The van der Waals surface area contributed by atoms with Crippen LogP contribution >= 0.6 is 0 Å². The molecule has 0 bridgehead atoms. The van der Waals surface area contributed by atoms with Crippen LogP contribution in [0.4, 0.5) is 0 Å². The van der Waals surface area contributed by atoms with E-state index >= 15 is 0 Å². The van der Waals surface area contributed by atoms with Crippen LogP contribution in [-0.4, -0.2) is 215 Å². The monoisotopic (exact) mass is 1320 g/mol. The Kier molecular flexibility index (Phi) is 45.7. The van der Waals surface area contributed by atoms with Crippen LogP contribution in [0.5, 0.6) is 0 Å². The Labute approximate surface area is 550 Å². The van der Waals surface area contributed by atoms with Crippen molar-refractivity contribution in [2.75, 3.05) is 26.4 Å². The van der Waals surface area contributed by atoms with Gasteiger partial charge in [-0.05, 0) is 12.8 Å². The molecule has 3 heterocycles. The van der Waals surface area contributed by atoms with Crippen molar-refractivity contribution >= 4 is 17.8 Å². The molecule has 0 aromatic rings. The lowest BCUT2D eigenvalue weighted by Crippen LogP contribution is -2.70. The molecule has 92 heavy (non-hydrogen) atoms. The topological polar surface area (TPSA) is 373 Å². The normalized spacial score (nSPS) is 28.2. The van der Waals surface area contributed by atoms with Gasteiger partial charge in [0.25, 0.3) is 5.79 Å². The van der Waals surface area contributed by atoms with Crippen molar-refractivity contribution in [2.45, 2.75) is 394 Å². The molecule has 0 saturated carbocycles. The van der Waals surface area contributed by atoms with E-state index in [-0.39, 0.29) is 18.9 Å². The number of aliphatic hydroxyl groups excluding tert-OH is 11. The van der Waals surface area contributed by atoms with Gasteiger partial charge < -0.3 is 100 Å². The van der Waals surface area contributed by atoms with Crippen LogP contribution in [0.3, 0.4) is 0 Å². The smallest absolute Gasteiger partial charge is 0.364 e. The summed E-state index contributed by atoms with van der Waals surface area (Å²) in [7, 11) is 0. The van der Waals surface area contributed by atoms with Crippen molar-refractivity contribution in [3.8, 4) is 0 Å². The highest BCUT2D eigenvalue weighted by Crippen LogP contribution is 2.39. The number of rotatable bonds is 56. The van der Waals surface area contributed by atoms with Gasteiger partial charge in [0.15, 0.2) is 12.6 Å². The standard InChI is InChI=1S/C69H130N2O21/c1-4-6-8-10-12-14-16-18-20-22-24-25-26-28-30-32-34-36-38-40-42-51(76)50(71-56(79)43-41-39-37-35-33-31-29-27-23-21-19-17-15-13-11-9-7-5-2)48-87-66-61(83)60(82)63(55(47-74)89-66)90-67-62(84)65(59(81)54(46-73)88-67)92-69(68(85)86)44-52(77)57(70-49(3)75)64(91-69)58(80)53(78)45-72/h50-55,57-67,72-74,76-78,80-84H,4-48H2,1-3H3,(H,70,75)(H,71,79)(H,85,86). The van der Waals surface area contributed by atoms with Crippen molar-refractivity contribution in [1.29, 1.82) is 0 Å². The van der Waals surface area contributed by atoms with Crippen LogP contribution < -0.4 is 10.6 Å². The van der Waals surface area contributed by atoms with E-state index in [1.165, 1.54) is 186 Å². The Bertz CT molecular complexity index is 1860. The minimum absolute atomic E-state index is 0.229. The Morgan fingerprint density at radius 3 is 1.36 bits per heavy atom. The molecule has 0 spiro atoms. The number of carbonyl (C=O) groups excluding carboxylic acids is 2. The molecule has 0 aliphatic carbocycles. The quantitative estimate of drug-likeness (QED) is 0.0266. The molecule has 3 rings (SSSR count). The minimum Gasteiger partial charge on any atom is -0.477 e. The lowest BCUT2D eigenvalue weighted by molar-refractivity contribution is -0.386. The van der Waals surface area contributed by atoms with Gasteiger partial charge in [0, 0.05) is 19.8 Å². The first-order valence-electron chi connectivity index (χ1n) is 36.4. The number of aliphatic hydroxyl groups is 11. The molecular weight excluding hydrogens is 1190 g/mol. The Morgan fingerprint density at radius 2 is 0.946 bits per heavy atom. The summed E-state index contributed by atoms with van der Waals surface area (Å²) < 4.78 is 34.9. The van der Waals surface area contributed by atoms with E-state index in [9.17, 15) is 75.7 Å². The predicted octanol–water partition coefficient (Wildman–Crippen LogP) is 7.29. The Hall–Kier alpha value is -2.27. The van der Waals surface area contributed by atoms with Crippen LogP contribution in [0, 0.1) is 0 Å². The van der Waals surface area contributed by atoms with Crippen molar-refractivity contribution in [2.24, 2.45) is 0 Å². The van der Waals surface area contributed by atoms with Gasteiger partial charge in [-0.2, -0.15) is 0 Å². The number of carbonyl (C=O) groups is 3. The van der Waals surface area contributed by atoms with Gasteiger partial charge in [-0.3, -0.25) is 9.59 Å². The third-order valence-corrected chi connectivity index (χ3v) is 18.8. The number of carboxylic acids is 1. The number of nitrogens with one attached hydrogen (secondary N) is 2. The van der Waals surface area contributed by atoms with Crippen LogP contribution in [0.15, 0.2) is 0 Å². The summed E-state index contributed by atoms with van der Waals surface area (Å²) in [4.78, 5) is 38.6. The van der Waals surface area contributed by atoms with Crippen molar-refractivity contribution in [1.82, 2.24) is 10.6 Å². The third kappa shape index (κ3) is 31.9. The Morgan fingerprint density at radius 1 is 0.522 bits per heavy atom. The summed E-state index contributed by atoms with van der Waals surface area (Å²) in [6.07, 6.45) is 18.1. The molecule has 542 valence electrons. The van der Waals surface area contributed by atoms with Crippen LogP contribution in [0.25, 0.3) is 0 Å². The van der Waals surface area contributed by atoms with Crippen LogP contribution in [0.2, 0.25) is 0 Å². The summed E-state index contributed by atoms with van der Waals surface area (Å²) in [6, 6.07) is -2.52. The first-order valence-corrected chi connectivity index (χ1v) is 36.4. The highest BCUT2D eigenvalue weighted by Gasteiger charge is 2.60. The van der Waals surface area contributed by atoms with E-state index in [2.05, 4.69) is 24.5 Å². The van der Waals surface area contributed by atoms with E-state index in [1.807, 2.05) is 0 Å². The first kappa shape index (κ1) is 84.0. The number of hydrogen-bond donors (Lipinski definition) is 14. The second-order valence-electron chi connectivity index (χ2n) is 26.8. The highest BCUT2D eigenvalue weighted by atomic mass is 16.8. The molecule has 14 N–H and O–H groups in total. The second kappa shape index (κ2) is 50.1. The second-order valence-corrected chi connectivity index (χ2v) is 26.8. The zero-order valence-electron chi connectivity index (χ0n) is 56.7. The lowest BCUT2D eigenvalue weighted by Gasteiger charge is -2.50. The lowest BCUT2D eigenvalue weighted by atomic mass is 9.88. The molecule has 23 heteroatoms. The molecule has 18 unspecified atom stereocenters. The molecule has 0 aromatic heterocycles. The van der Waals surface area contributed by atoms with Gasteiger partial charge in [0.1, 0.15) is 67.1 Å².